The number of rotatable bonds is 4. The van der Waals surface area contributed by atoms with E-state index >= 15 is 0 Å². The quantitative estimate of drug-likeness (QED) is 0.887. The van der Waals surface area contributed by atoms with Gasteiger partial charge in [0, 0.05) is 5.92 Å². The van der Waals surface area contributed by atoms with Crippen LogP contribution in [0.1, 0.15) is 28.2 Å². The Balaban J connectivity index is 2.24. The average molecular weight is 257 g/mol. The molecule has 0 radical (unpaired) electrons. The zero-order valence-electron chi connectivity index (χ0n) is 11.5. The molecule has 1 unspecified atom stereocenters. The highest BCUT2D eigenvalue weighted by Crippen LogP contribution is 2.22. The minimum atomic E-state index is -0.186. The summed E-state index contributed by atoms with van der Waals surface area (Å²) in [7, 11) is 0. The van der Waals surface area contributed by atoms with Crippen molar-refractivity contribution in [2.75, 3.05) is 6.54 Å². The van der Waals surface area contributed by atoms with Gasteiger partial charge >= 0.3 is 0 Å². The second-order valence-electron chi connectivity index (χ2n) is 5.19. The van der Waals surface area contributed by atoms with Crippen molar-refractivity contribution in [1.29, 1.82) is 0 Å². The van der Waals surface area contributed by atoms with E-state index in [4.69, 9.17) is 5.73 Å². The van der Waals surface area contributed by atoms with Crippen LogP contribution < -0.4 is 5.73 Å². The Hall–Kier alpha value is -1.67. The fraction of sp³-hybridized carbons (Fsp3) is 0.294. The van der Waals surface area contributed by atoms with Crippen LogP contribution in [0.3, 0.4) is 0 Å². The molecule has 0 spiro atoms. The highest BCUT2D eigenvalue weighted by Gasteiger charge is 2.12. The fourth-order valence-corrected chi connectivity index (χ4v) is 2.53. The van der Waals surface area contributed by atoms with Gasteiger partial charge in [-0.1, -0.05) is 41.5 Å². The van der Waals surface area contributed by atoms with Crippen molar-refractivity contribution >= 4 is 0 Å². The Morgan fingerprint density at radius 3 is 2.32 bits per heavy atom. The first kappa shape index (κ1) is 13.8. The standard InChI is InChI=1S/C17H20FN/c1-12-6-13(2)8-15(7-12)16(11-19)9-14-4-3-5-17(18)10-14/h3-8,10,16H,9,11,19H2,1-2H3. The van der Waals surface area contributed by atoms with Crippen molar-refractivity contribution in [3.05, 3.63) is 70.5 Å². The Labute approximate surface area is 114 Å². The first-order valence-corrected chi connectivity index (χ1v) is 6.61. The molecule has 100 valence electrons. The third-order valence-corrected chi connectivity index (χ3v) is 3.37. The predicted molar refractivity (Wildman–Crippen MR) is 77.8 cm³/mol. The lowest BCUT2D eigenvalue weighted by atomic mass is 9.90. The monoisotopic (exact) mass is 257 g/mol. The number of benzene rings is 2. The molecule has 0 aliphatic heterocycles. The average Bonchev–Trinajstić information content (AvgIpc) is 2.34. The van der Waals surface area contributed by atoms with Gasteiger partial charge in [-0.2, -0.15) is 0 Å². The van der Waals surface area contributed by atoms with Crippen molar-refractivity contribution in [3.63, 3.8) is 0 Å². The molecule has 2 heteroatoms. The molecule has 0 aromatic heterocycles. The van der Waals surface area contributed by atoms with Crippen molar-refractivity contribution in [1.82, 2.24) is 0 Å². The molecule has 0 saturated heterocycles. The van der Waals surface area contributed by atoms with Crippen molar-refractivity contribution in [3.8, 4) is 0 Å². The lowest BCUT2D eigenvalue weighted by molar-refractivity contribution is 0.620. The summed E-state index contributed by atoms with van der Waals surface area (Å²) in [5.41, 5.74) is 10.6. The fourth-order valence-electron chi connectivity index (χ4n) is 2.53. The molecule has 0 bridgehead atoms. The molecule has 1 atom stereocenters. The molecule has 0 aliphatic rings. The largest absolute Gasteiger partial charge is 0.330 e. The zero-order valence-corrected chi connectivity index (χ0v) is 11.5. The molecular weight excluding hydrogens is 237 g/mol. The number of nitrogens with two attached hydrogens (primary N) is 1. The van der Waals surface area contributed by atoms with Crippen molar-refractivity contribution in [2.24, 2.45) is 5.73 Å². The first-order valence-electron chi connectivity index (χ1n) is 6.61. The van der Waals surface area contributed by atoms with E-state index < -0.39 is 0 Å². The van der Waals surface area contributed by atoms with Gasteiger partial charge in [0.25, 0.3) is 0 Å². The summed E-state index contributed by atoms with van der Waals surface area (Å²) < 4.78 is 13.2. The van der Waals surface area contributed by atoms with Gasteiger partial charge in [-0.3, -0.25) is 0 Å². The zero-order chi connectivity index (χ0) is 13.8. The molecule has 2 aromatic rings. The summed E-state index contributed by atoms with van der Waals surface area (Å²) in [6.07, 6.45) is 0.775. The highest BCUT2D eigenvalue weighted by atomic mass is 19.1. The molecule has 0 amide bonds. The van der Waals surface area contributed by atoms with Crippen LogP contribution in [0.5, 0.6) is 0 Å². The van der Waals surface area contributed by atoms with Crippen LogP contribution in [-0.4, -0.2) is 6.54 Å². The lowest BCUT2D eigenvalue weighted by Crippen LogP contribution is -2.15. The van der Waals surface area contributed by atoms with Gasteiger partial charge in [0.1, 0.15) is 5.82 Å². The molecule has 0 heterocycles. The minimum absolute atomic E-state index is 0.186. The topological polar surface area (TPSA) is 26.0 Å². The smallest absolute Gasteiger partial charge is 0.123 e. The van der Waals surface area contributed by atoms with Gasteiger partial charge < -0.3 is 5.73 Å². The Bertz CT molecular complexity index is 543. The van der Waals surface area contributed by atoms with Crippen molar-refractivity contribution < 1.29 is 4.39 Å². The summed E-state index contributed by atoms with van der Waals surface area (Å²) in [6, 6.07) is 13.3. The molecule has 0 fully saturated rings. The van der Waals surface area contributed by atoms with E-state index in [0.29, 0.717) is 6.54 Å². The molecule has 0 saturated carbocycles. The Morgan fingerprint density at radius 2 is 1.74 bits per heavy atom. The van der Waals surface area contributed by atoms with Crippen molar-refractivity contribution in [2.45, 2.75) is 26.2 Å². The van der Waals surface area contributed by atoms with E-state index in [1.165, 1.54) is 22.8 Å². The predicted octanol–water partition coefficient (Wildman–Crippen LogP) is 3.73. The molecule has 0 aliphatic carbocycles. The molecule has 2 N–H and O–H groups in total. The SMILES string of the molecule is Cc1cc(C)cc(C(CN)Cc2cccc(F)c2)c1. The maximum atomic E-state index is 13.2. The number of hydrogen-bond acceptors (Lipinski definition) is 1. The van der Waals surface area contributed by atoms with E-state index in [2.05, 4.69) is 32.0 Å². The molecular formula is C17H20FN. The van der Waals surface area contributed by atoms with Crippen LogP contribution >= 0.6 is 0 Å². The Morgan fingerprint density at radius 1 is 1.05 bits per heavy atom. The van der Waals surface area contributed by atoms with Crippen LogP contribution in [0.15, 0.2) is 42.5 Å². The third kappa shape index (κ3) is 3.65. The van der Waals surface area contributed by atoms with E-state index in [1.54, 1.807) is 12.1 Å². The molecule has 19 heavy (non-hydrogen) atoms. The second kappa shape index (κ2) is 5.98. The van der Waals surface area contributed by atoms with E-state index in [-0.39, 0.29) is 11.7 Å². The van der Waals surface area contributed by atoms with Gasteiger partial charge in [0.15, 0.2) is 0 Å². The van der Waals surface area contributed by atoms with Gasteiger partial charge in [-0.15, -0.1) is 0 Å². The van der Waals surface area contributed by atoms with Crippen LogP contribution in [0.2, 0.25) is 0 Å². The first-order chi connectivity index (χ1) is 9.08. The van der Waals surface area contributed by atoms with Crippen LogP contribution in [0.4, 0.5) is 4.39 Å². The number of aryl methyl sites for hydroxylation is 2. The summed E-state index contributed by atoms with van der Waals surface area (Å²) in [5.74, 6) is 0.0501. The van der Waals surface area contributed by atoms with Crippen LogP contribution in [-0.2, 0) is 6.42 Å². The lowest BCUT2D eigenvalue weighted by Gasteiger charge is -2.17. The minimum Gasteiger partial charge on any atom is -0.330 e. The van der Waals surface area contributed by atoms with E-state index in [1.807, 2.05) is 6.07 Å². The van der Waals surface area contributed by atoms with Gasteiger partial charge in [-0.05, 0) is 50.1 Å². The third-order valence-electron chi connectivity index (χ3n) is 3.37. The summed E-state index contributed by atoms with van der Waals surface area (Å²) in [6.45, 7) is 4.75. The molecule has 2 aromatic carbocycles. The summed E-state index contributed by atoms with van der Waals surface area (Å²) >= 11 is 0. The highest BCUT2D eigenvalue weighted by molar-refractivity contribution is 5.32. The van der Waals surface area contributed by atoms with Gasteiger partial charge in [0.05, 0.1) is 0 Å². The maximum Gasteiger partial charge on any atom is 0.123 e. The summed E-state index contributed by atoms with van der Waals surface area (Å²) in [5, 5.41) is 0. The number of halogens is 1. The van der Waals surface area contributed by atoms with Crippen LogP contribution in [0.25, 0.3) is 0 Å². The second-order valence-corrected chi connectivity index (χ2v) is 5.19. The van der Waals surface area contributed by atoms with Gasteiger partial charge in [-0.25, -0.2) is 4.39 Å². The van der Waals surface area contributed by atoms with E-state index in [9.17, 15) is 4.39 Å². The maximum absolute atomic E-state index is 13.2. The molecule has 2 rings (SSSR count). The molecule has 1 nitrogen and oxygen atoms in total. The summed E-state index contributed by atoms with van der Waals surface area (Å²) in [4.78, 5) is 0. The Kier molecular flexibility index (Phi) is 4.33. The van der Waals surface area contributed by atoms with E-state index in [0.717, 1.165) is 12.0 Å². The normalized spacial score (nSPS) is 12.4. The van der Waals surface area contributed by atoms with Crippen LogP contribution in [0, 0.1) is 19.7 Å². The van der Waals surface area contributed by atoms with Gasteiger partial charge in [0.2, 0.25) is 0 Å². The number of hydrogen-bond donors (Lipinski definition) is 1.